The molecular formula is C15H25N3O. The van der Waals surface area contributed by atoms with Crippen LogP contribution in [0.5, 0.6) is 0 Å². The molecule has 3 N–H and O–H groups in total. The number of hydrogen-bond donors (Lipinski definition) is 2. The summed E-state index contributed by atoms with van der Waals surface area (Å²) in [6.07, 6.45) is 3.04. The molecule has 4 nitrogen and oxygen atoms in total. The molecule has 0 aliphatic rings. The number of hydrogen-bond acceptors (Lipinski definition) is 2. The zero-order chi connectivity index (χ0) is 13.9. The van der Waals surface area contributed by atoms with E-state index in [2.05, 4.69) is 29.4 Å². The van der Waals surface area contributed by atoms with E-state index in [-0.39, 0.29) is 0 Å². The van der Waals surface area contributed by atoms with Crippen molar-refractivity contribution in [1.82, 2.24) is 0 Å². The molecule has 0 amide bonds. The minimum Gasteiger partial charge on any atom is -0.382 e. The van der Waals surface area contributed by atoms with E-state index in [1.54, 1.807) is 0 Å². The molecule has 0 saturated heterocycles. The summed E-state index contributed by atoms with van der Waals surface area (Å²) in [7, 11) is 0. The second kappa shape index (κ2) is 9.39. The lowest BCUT2D eigenvalue weighted by Crippen LogP contribution is -2.22. The van der Waals surface area contributed by atoms with Gasteiger partial charge in [0.25, 0.3) is 0 Å². The fraction of sp³-hybridized carbons (Fsp3) is 0.533. The number of unbranched alkanes of at least 4 members (excludes halogenated alkanes) is 1. The van der Waals surface area contributed by atoms with Crippen molar-refractivity contribution in [2.45, 2.75) is 33.1 Å². The standard InChI is InChI=1S/C15H25N3O/c1-3-13-8-7-9-14(12-13)18-15(16)17-10-5-6-11-19-4-2/h7-9,12H,3-6,10-11H2,1-2H3,(H3,16,17,18). The number of ether oxygens (including phenoxy) is 1. The van der Waals surface area contributed by atoms with Crippen molar-refractivity contribution >= 4 is 11.6 Å². The number of aliphatic imine (C=N–C) groups is 1. The molecule has 1 aromatic carbocycles. The number of anilines is 1. The molecule has 1 rings (SSSR count). The maximum atomic E-state index is 5.85. The van der Waals surface area contributed by atoms with Crippen LogP contribution in [0.25, 0.3) is 0 Å². The van der Waals surface area contributed by atoms with Gasteiger partial charge in [-0.1, -0.05) is 19.1 Å². The summed E-state index contributed by atoms with van der Waals surface area (Å²) < 4.78 is 5.27. The number of nitrogens with two attached hydrogens (primary N) is 1. The van der Waals surface area contributed by atoms with Crippen LogP contribution in [0.4, 0.5) is 5.69 Å². The van der Waals surface area contributed by atoms with E-state index in [0.29, 0.717) is 5.96 Å². The van der Waals surface area contributed by atoms with Crippen molar-refractivity contribution in [2.24, 2.45) is 10.7 Å². The molecule has 0 spiro atoms. The van der Waals surface area contributed by atoms with E-state index in [9.17, 15) is 0 Å². The van der Waals surface area contributed by atoms with E-state index in [4.69, 9.17) is 10.5 Å². The predicted octanol–water partition coefficient (Wildman–Crippen LogP) is 2.79. The van der Waals surface area contributed by atoms with Gasteiger partial charge >= 0.3 is 0 Å². The molecule has 0 aliphatic carbocycles. The Hall–Kier alpha value is -1.55. The minimum absolute atomic E-state index is 0.477. The Bertz CT molecular complexity index is 391. The van der Waals surface area contributed by atoms with Crippen LogP contribution in [0.1, 0.15) is 32.3 Å². The smallest absolute Gasteiger partial charge is 0.193 e. The molecule has 0 bridgehead atoms. The summed E-state index contributed by atoms with van der Waals surface area (Å²) in [6.45, 7) is 6.46. The van der Waals surface area contributed by atoms with E-state index in [1.165, 1.54) is 5.56 Å². The molecule has 1 aromatic rings. The molecule has 0 atom stereocenters. The van der Waals surface area contributed by atoms with Crippen molar-refractivity contribution in [1.29, 1.82) is 0 Å². The third-order valence-corrected chi connectivity index (χ3v) is 2.79. The lowest BCUT2D eigenvalue weighted by atomic mass is 10.1. The summed E-state index contributed by atoms with van der Waals surface area (Å²) in [5.41, 5.74) is 8.13. The average molecular weight is 263 g/mol. The molecule has 0 heterocycles. The highest BCUT2D eigenvalue weighted by Gasteiger charge is 1.96. The minimum atomic E-state index is 0.477. The second-order valence-electron chi connectivity index (χ2n) is 4.35. The van der Waals surface area contributed by atoms with Gasteiger partial charge in [0, 0.05) is 25.4 Å². The fourth-order valence-corrected chi connectivity index (χ4v) is 1.72. The molecule has 0 aliphatic heterocycles. The lowest BCUT2D eigenvalue weighted by molar-refractivity contribution is 0.144. The largest absolute Gasteiger partial charge is 0.382 e. The van der Waals surface area contributed by atoms with Crippen molar-refractivity contribution in [2.75, 3.05) is 25.1 Å². The molecule has 0 unspecified atom stereocenters. The maximum Gasteiger partial charge on any atom is 0.193 e. The highest BCUT2D eigenvalue weighted by molar-refractivity contribution is 5.92. The molecule has 0 fully saturated rings. The number of nitrogens with one attached hydrogen (secondary N) is 1. The summed E-state index contributed by atoms with van der Waals surface area (Å²) in [5, 5.41) is 3.12. The van der Waals surface area contributed by atoms with Gasteiger partial charge in [-0.2, -0.15) is 0 Å². The fourth-order valence-electron chi connectivity index (χ4n) is 1.72. The Morgan fingerprint density at radius 3 is 2.89 bits per heavy atom. The topological polar surface area (TPSA) is 59.6 Å². The van der Waals surface area contributed by atoms with Gasteiger partial charge < -0.3 is 15.8 Å². The predicted molar refractivity (Wildman–Crippen MR) is 81.7 cm³/mol. The molecular weight excluding hydrogens is 238 g/mol. The number of aryl methyl sites for hydroxylation is 1. The van der Waals surface area contributed by atoms with Crippen molar-refractivity contribution in [3.63, 3.8) is 0 Å². The average Bonchev–Trinajstić information content (AvgIpc) is 2.43. The SMILES string of the molecule is CCOCCCCN=C(N)Nc1cccc(CC)c1. The summed E-state index contributed by atoms with van der Waals surface area (Å²) in [5.74, 6) is 0.477. The van der Waals surface area contributed by atoms with Crippen LogP contribution < -0.4 is 11.1 Å². The molecule has 106 valence electrons. The van der Waals surface area contributed by atoms with E-state index < -0.39 is 0 Å². The third kappa shape index (κ3) is 6.82. The van der Waals surface area contributed by atoms with Gasteiger partial charge in [-0.25, -0.2) is 0 Å². The normalized spacial score (nSPS) is 11.6. The monoisotopic (exact) mass is 263 g/mol. The highest BCUT2D eigenvalue weighted by atomic mass is 16.5. The number of rotatable bonds is 8. The Labute approximate surface area is 116 Å². The van der Waals surface area contributed by atoms with Crippen LogP contribution in [0.15, 0.2) is 29.3 Å². The number of benzene rings is 1. The van der Waals surface area contributed by atoms with Gasteiger partial charge in [0.05, 0.1) is 0 Å². The summed E-state index contributed by atoms with van der Waals surface area (Å²) >= 11 is 0. The van der Waals surface area contributed by atoms with Crippen LogP contribution in [0.3, 0.4) is 0 Å². The first-order chi connectivity index (χ1) is 9.26. The zero-order valence-electron chi connectivity index (χ0n) is 12.0. The Morgan fingerprint density at radius 2 is 2.16 bits per heavy atom. The molecule has 0 aromatic heterocycles. The summed E-state index contributed by atoms with van der Waals surface area (Å²) in [4.78, 5) is 4.30. The first-order valence-electron chi connectivity index (χ1n) is 6.99. The summed E-state index contributed by atoms with van der Waals surface area (Å²) in [6, 6.07) is 8.22. The Morgan fingerprint density at radius 1 is 1.32 bits per heavy atom. The maximum absolute atomic E-state index is 5.85. The Balaban J connectivity index is 2.30. The highest BCUT2D eigenvalue weighted by Crippen LogP contribution is 2.10. The van der Waals surface area contributed by atoms with Gasteiger partial charge in [0.1, 0.15) is 0 Å². The van der Waals surface area contributed by atoms with Gasteiger partial charge in [-0.3, -0.25) is 4.99 Å². The first-order valence-corrected chi connectivity index (χ1v) is 6.99. The van der Waals surface area contributed by atoms with E-state index in [0.717, 1.165) is 44.7 Å². The van der Waals surface area contributed by atoms with Crippen LogP contribution in [-0.4, -0.2) is 25.7 Å². The van der Waals surface area contributed by atoms with Crippen LogP contribution in [0.2, 0.25) is 0 Å². The zero-order valence-corrected chi connectivity index (χ0v) is 12.0. The number of nitrogens with zero attached hydrogens (tertiary/aromatic N) is 1. The molecule has 0 saturated carbocycles. The lowest BCUT2D eigenvalue weighted by Gasteiger charge is -2.07. The van der Waals surface area contributed by atoms with Crippen molar-refractivity contribution in [3.05, 3.63) is 29.8 Å². The van der Waals surface area contributed by atoms with Crippen LogP contribution in [-0.2, 0) is 11.2 Å². The molecule has 4 heteroatoms. The van der Waals surface area contributed by atoms with E-state index in [1.807, 2.05) is 19.1 Å². The quantitative estimate of drug-likeness (QED) is 0.431. The third-order valence-electron chi connectivity index (χ3n) is 2.79. The van der Waals surface area contributed by atoms with Gasteiger partial charge in [0.15, 0.2) is 5.96 Å². The van der Waals surface area contributed by atoms with E-state index >= 15 is 0 Å². The van der Waals surface area contributed by atoms with Gasteiger partial charge in [-0.15, -0.1) is 0 Å². The van der Waals surface area contributed by atoms with Crippen molar-refractivity contribution in [3.8, 4) is 0 Å². The van der Waals surface area contributed by atoms with Gasteiger partial charge in [-0.05, 0) is 43.9 Å². The first kappa shape index (κ1) is 15.5. The Kier molecular flexibility index (Phi) is 7.66. The second-order valence-corrected chi connectivity index (χ2v) is 4.35. The van der Waals surface area contributed by atoms with Crippen LogP contribution >= 0.6 is 0 Å². The van der Waals surface area contributed by atoms with Gasteiger partial charge in [0.2, 0.25) is 0 Å². The molecule has 19 heavy (non-hydrogen) atoms. The molecule has 0 radical (unpaired) electrons. The van der Waals surface area contributed by atoms with Crippen LogP contribution in [0, 0.1) is 0 Å². The number of guanidine groups is 1. The van der Waals surface area contributed by atoms with Crippen molar-refractivity contribution < 1.29 is 4.74 Å².